The van der Waals surface area contributed by atoms with Gasteiger partial charge in [-0.2, -0.15) is 0 Å². The van der Waals surface area contributed by atoms with Crippen LogP contribution in [0.1, 0.15) is 18.9 Å². The van der Waals surface area contributed by atoms with Crippen molar-refractivity contribution < 1.29 is 4.39 Å². The van der Waals surface area contributed by atoms with Crippen LogP contribution >= 0.6 is 0 Å². The van der Waals surface area contributed by atoms with E-state index in [9.17, 15) is 4.39 Å². The summed E-state index contributed by atoms with van der Waals surface area (Å²) in [5, 5.41) is 0. The molecule has 5 heteroatoms. The van der Waals surface area contributed by atoms with Crippen LogP contribution in [0.5, 0.6) is 0 Å². The highest BCUT2D eigenvalue weighted by molar-refractivity contribution is 5.85. The molecule has 4 nitrogen and oxygen atoms in total. The number of hydrogen-bond acceptors (Lipinski definition) is 3. The van der Waals surface area contributed by atoms with Crippen molar-refractivity contribution in [2.45, 2.75) is 18.9 Å². The number of nitrogen functional groups attached to an aromatic ring is 1. The number of nitrogens with zero attached hydrogens (tertiary/aromatic N) is 3. The normalized spacial score (nSPS) is 19.7. The largest absolute Gasteiger partial charge is 0.382 e. The van der Waals surface area contributed by atoms with Gasteiger partial charge in [-0.1, -0.05) is 12.2 Å². The van der Waals surface area contributed by atoms with E-state index < -0.39 is 5.82 Å². The topological polar surface area (TPSA) is 56.7 Å². The Balaban J connectivity index is 2.26. The van der Waals surface area contributed by atoms with Crippen molar-refractivity contribution in [2.24, 2.45) is 0 Å². The SMILES string of the molecule is Nc1ncc(F)c2ncn(C3C=CCC3)c12. The summed E-state index contributed by atoms with van der Waals surface area (Å²) in [5.41, 5.74) is 6.67. The number of pyridine rings is 1. The summed E-state index contributed by atoms with van der Waals surface area (Å²) in [6.07, 6.45) is 8.98. The van der Waals surface area contributed by atoms with Gasteiger partial charge in [0.2, 0.25) is 0 Å². The first-order chi connectivity index (χ1) is 7.77. The summed E-state index contributed by atoms with van der Waals surface area (Å²) >= 11 is 0. The Morgan fingerprint density at radius 1 is 1.44 bits per heavy atom. The van der Waals surface area contributed by atoms with E-state index in [1.54, 1.807) is 6.33 Å². The van der Waals surface area contributed by atoms with E-state index >= 15 is 0 Å². The molecule has 0 aromatic carbocycles. The van der Waals surface area contributed by atoms with Crippen LogP contribution in [0.2, 0.25) is 0 Å². The fraction of sp³-hybridized carbons (Fsp3) is 0.273. The molecule has 3 rings (SSSR count). The molecule has 1 aliphatic carbocycles. The molecule has 1 unspecified atom stereocenters. The van der Waals surface area contributed by atoms with Crippen molar-refractivity contribution in [3.05, 3.63) is 30.5 Å². The molecule has 0 amide bonds. The molecule has 2 heterocycles. The van der Waals surface area contributed by atoms with Gasteiger partial charge in [0.05, 0.1) is 18.6 Å². The van der Waals surface area contributed by atoms with Crippen molar-refractivity contribution in [3.8, 4) is 0 Å². The van der Waals surface area contributed by atoms with Crippen LogP contribution in [-0.2, 0) is 0 Å². The molecule has 0 bridgehead atoms. The number of allylic oxidation sites excluding steroid dienone is 2. The molecular formula is C11H11FN4. The molecule has 2 N–H and O–H groups in total. The van der Waals surface area contributed by atoms with E-state index in [1.807, 2.05) is 4.57 Å². The minimum Gasteiger partial charge on any atom is -0.382 e. The molecule has 2 aromatic heterocycles. The van der Waals surface area contributed by atoms with E-state index in [2.05, 4.69) is 22.1 Å². The number of aromatic nitrogens is 3. The zero-order valence-corrected chi connectivity index (χ0v) is 8.60. The lowest BCUT2D eigenvalue weighted by molar-refractivity contribution is 0.605. The maximum Gasteiger partial charge on any atom is 0.169 e. The smallest absolute Gasteiger partial charge is 0.169 e. The average Bonchev–Trinajstić information content (AvgIpc) is 2.90. The van der Waals surface area contributed by atoms with Crippen molar-refractivity contribution >= 4 is 16.9 Å². The first-order valence-corrected chi connectivity index (χ1v) is 5.20. The Morgan fingerprint density at radius 3 is 3.06 bits per heavy atom. The Kier molecular flexibility index (Phi) is 1.92. The Labute approximate surface area is 91.6 Å². The van der Waals surface area contributed by atoms with Crippen molar-refractivity contribution in [3.63, 3.8) is 0 Å². The third kappa shape index (κ3) is 1.21. The predicted molar refractivity (Wildman–Crippen MR) is 59.3 cm³/mol. The minimum absolute atomic E-state index is 0.218. The van der Waals surface area contributed by atoms with Gasteiger partial charge in [0, 0.05) is 0 Å². The molecule has 16 heavy (non-hydrogen) atoms. The van der Waals surface area contributed by atoms with Crippen molar-refractivity contribution in [1.29, 1.82) is 0 Å². The molecule has 1 aliphatic rings. The van der Waals surface area contributed by atoms with E-state index in [0.717, 1.165) is 19.0 Å². The third-order valence-electron chi connectivity index (χ3n) is 2.92. The van der Waals surface area contributed by atoms with E-state index in [1.165, 1.54) is 0 Å². The van der Waals surface area contributed by atoms with Gasteiger partial charge in [-0.15, -0.1) is 0 Å². The van der Waals surface area contributed by atoms with Crippen LogP contribution in [0, 0.1) is 5.82 Å². The van der Waals surface area contributed by atoms with Gasteiger partial charge in [0.25, 0.3) is 0 Å². The van der Waals surface area contributed by atoms with Gasteiger partial charge in [0.15, 0.2) is 5.82 Å². The summed E-state index contributed by atoms with van der Waals surface area (Å²) < 4.78 is 15.3. The highest BCUT2D eigenvalue weighted by Crippen LogP contribution is 2.29. The summed E-state index contributed by atoms with van der Waals surface area (Å²) in [5.74, 6) is -0.0980. The first kappa shape index (κ1) is 9.33. The highest BCUT2D eigenvalue weighted by atomic mass is 19.1. The maximum atomic E-state index is 13.5. The first-order valence-electron chi connectivity index (χ1n) is 5.20. The lowest BCUT2D eigenvalue weighted by Crippen LogP contribution is -2.05. The van der Waals surface area contributed by atoms with Gasteiger partial charge in [0.1, 0.15) is 16.9 Å². The number of anilines is 1. The zero-order chi connectivity index (χ0) is 11.1. The third-order valence-corrected chi connectivity index (χ3v) is 2.92. The second-order valence-corrected chi connectivity index (χ2v) is 3.91. The molecule has 82 valence electrons. The number of rotatable bonds is 1. The fourth-order valence-electron chi connectivity index (χ4n) is 2.14. The molecule has 0 spiro atoms. The molecule has 0 saturated carbocycles. The predicted octanol–water partition coefficient (Wildman–Crippen LogP) is 2.04. The Morgan fingerprint density at radius 2 is 2.31 bits per heavy atom. The Hall–Kier alpha value is -1.91. The van der Waals surface area contributed by atoms with E-state index in [-0.39, 0.29) is 6.04 Å². The Bertz CT molecular complexity index is 573. The van der Waals surface area contributed by atoms with Crippen LogP contribution < -0.4 is 5.73 Å². The maximum absolute atomic E-state index is 13.5. The molecule has 0 aliphatic heterocycles. The number of fused-ring (bicyclic) bond motifs is 1. The van der Waals surface area contributed by atoms with Gasteiger partial charge in [-0.25, -0.2) is 14.4 Å². The van der Waals surface area contributed by atoms with Crippen molar-refractivity contribution in [2.75, 3.05) is 5.73 Å². The summed E-state index contributed by atoms with van der Waals surface area (Å²) in [4.78, 5) is 7.89. The van der Waals surface area contributed by atoms with E-state index in [4.69, 9.17) is 5.73 Å². The van der Waals surface area contributed by atoms with Crippen LogP contribution in [0.4, 0.5) is 10.2 Å². The van der Waals surface area contributed by atoms with Gasteiger partial charge >= 0.3 is 0 Å². The fourth-order valence-corrected chi connectivity index (χ4v) is 2.14. The van der Waals surface area contributed by atoms with Gasteiger partial charge < -0.3 is 10.3 Å². The molecule has 1 atom stereocenters. The van der Waals surface area contributed by atoms with Crippen LogP contribution in [0.25, 0.3) is 11.0 Å². The molecule has 0 saturated heterocycles. The second kappa shape index (κ2) is 3.30. The zero-order valence-electron chi connectivity index (χ0n) is 8.60. The molecule has 0 fully saturated rings. The molecule has 0 radical (unpaired) electrons. The number of halogens is 1. The van der Waals surface area contributed by atoms with Crippen molar-refractivity contribution in [1.82, 2.24) is 14.5 Å². The summed E-state index contributed by atoms with van der Waals surface area (Å²) in [7, 11) is 0. The van der Waals surface area contributed by atoms with Gasteiger partial charge in [-0.05, 0) is 12.8 Å². The summed E-state index contributed by atoms with van der Waals surface area (Å²) in [6, 6.07) is 0.218. The quantitative estimate of drug-likeness (QED) is 0.745. The lowest BCUT2D eigenvalue weighted by atomic mass is 10.2. The lowest BCUT2D eigenvalue weighted by Gasteiger charge is -2.11. The highest BCUT2D eigenvalue weighted by Gasteiger charge is 2.18. The number of nitrogens with two attached hydrogens (primary N) is 1. The minimum atomic E-state index is -0.426. The standard InChI is InChI=1S/C11H11FN4/c12-8-5-14-11(13)10-9(8)15-6-16(10)7-3-1-2-4-7/h1,3,5-7H,2,4H2,(H2,13,14). The van der Waals surface area contributed by atoms with E-state index in [0.29, 0.717) is 16.9 Å². The summed E-state index contributed by atoms with van der Waals surface area (Å²) in [6.45, 7) is 0. The number of hydrogen-bond donors (Lipinski definition) is 1. The van der Waals surface area contributed by atoms with Crippen LogP contribution in [-0.4, -0.2) is 14.5 Å². The van der Waals surface area contributed by atoms with Gasteiger partial charge in [-0.3, -0.25) is 0 Å². The van der Waals surface area contributed by atoms with Crippen LogP contribution in [0.3, 0.4) is 0 Å². The molecular weight excluding hydrogens is 207 g/mol. The second-order valence-electron chi connectivity index (χ2n) is 3.91. The molecule has 2 aromatic rings. The monoisotopic (exact) mass is 218 g/mol. The average molecular weight is 218 g/mol. The van der Waals surface area contributed by atoms with Crippen LogP contribution in [0.15, 0.2) is 24.7 Å². The number of imidazole rings is 1.